The van der Waals surface area contributed by atoms with Gasteiger partial charge in [0.2, 0.25) is 5.91 Å². The Morgan fingerprint density at radius 3 is 2.37 bits per heavy atom. The van der Waals surface area contributed by atoms with Crippen LogP contribution in [0.2, 0.25) is 0 Å². The Bertz CT molecular complexity index is 824. The van der Waals surface area contributed by atoms with E-state index in [-0.39, 0.29) is 11.8 Å². The first-order chi connectivity index (χ1) is 13.1. The van der Waals surface area contributed by atoms with Crippen LogP contribution in [0, 0.1) is 11.3 Å². The van der Waals surface area contributed by atoms with E-state index in [2.05, 4.69) is 11.4 Å². The van der Waals surface area contributed by atoms with Crippen LogP contribution in [0.1, 0.15) is 35.3 Å². The monoisotopic (exact) mass is 381 g/mol. The minimum Gasteiger partial charge on any atom is -0.339 e. The third-order valence-corrected chi connectivity index (χ3v) is 5.08. The van der Waals surface area contributed by atoms with Crippen molar-refractivity contribution in [1.29, 1.82) is 5.26 Å². The van der Waals surface area contributed by atoms with Crippen LogP contribution >= 0.6 is 11.8 Å². The number of carbonyl (C=O) groups excluding carboxylic acids is 2. The first-order valence-corrected chi connectivity index (χ1v) is 9.99. The lowest BCUT2D eigenvalue weighted by molar-refractivity contribution is -0.113. The number of hydrogen-bond acceptors (Lipinski definition) is 4. The van der Waals surface area contributed by atoms with Gasteiger partial charge in [0, 0.05) is 30.1 Å². The van der Waals surface area contributed by atoms with Gasteiger partial charge in [0.1, 0.15) is 0 Å². The molecule has 0 radical (unpaired) electrons. The van der Waals surface area contributed by atoms with Crippen LogP contribution < -0.4 is 5.32 Å². The maximum Gasteiger partial charge on any atom is 0.253 e. The lowest BCUT2D eigenvalue weighted by Crippen LogP contribution is -2.30. The molecule has 1 N–H and O–H groups in total. The second-order valence-electron chi connectivity index (χ2n) is 5.86. The van der Waals surface area contributed by atoms with E-state index in [0.29, 0.717) is 41.4 Å². The lowest BCUT2D eigenvalue weighted by atomic mass is 10.1. The van der Waals surface area contributed by atoms with Crippen LogP contribution in [0.25, 0.3) is 0 Å². The molecule has 0 aromatic heterocycles. The number of rotatable bonds is 8. The van der Waals surface area contributed by atoms with Crippen molar-refractivity contribution in [3.63, 3.8) is 0 Å². The fraction of sp³-hybridized carbons (Fsp3) is 0.286. The van der Waals surface area contributed by atoms with Crippen molar-refractivity contribution in [3.05, 3.63) is 65.2 Å². The van der Waals surface area contributed by atoms with Crippen LogP contribution in [0.15, 0.2) is 48.5 Å². The summed E-state index contributed by atoms with van der Waals surface area (Å²) >= 11 is 1.46. The van der Waals surface area contributed by atoms with Gasteiger partial charge in [0.05, 0.1) is 17.4 Å². The van der Waals surface area contributed by atoms with Crippen molar-refractivity contribution in [2.75, 3.05) is 24.2 Å². The van der Waals surface area contributed by atoms with Gasteiger partial charge in [-0.25, -0.2) is 0 Å². The van der Waals surface area contributed by atoms with Gasteiger partial charge in [0.25, 0.3) is 5.91 Å². The zero-order valence-electron chi connectivity index (χ0n) is 15.6. The Balaban J connectivity index is 1.85. The van der Waals surface area contributed by atoms with Crippen molar-refractivity contribution < 1.29 is 9.59 Å². The van der Waals surface area contributed by atoms with Crippen LogP contribution in [-0.4, -0.2) is 35.6 Å². The third kappa shape index (κ3) is 5.87. The normalized spacial score (nSPS) is 10.1. The summed E-state index contributed by atoms with van der Waals surface area (Å²) in [6, 6.07) is 16.5. The Morgan fingerprint density at radius 1 is 1.07 bits per heavy atom. The zero-order valence-corrected chi connectivity index (χ0v) is 16.4. The largest absolute Gasteiger partial charge is 0.339 e. The SMILES string of the molecule is CCN(CC)C(=O)c1ccc(NC(=O)CSCc2ccccc2C#N)cc1. The minimum absolute atomic E-state index is 0.00964. The highest BCUT2D eigenvalue weighted by Gasteiger charge is 2.12. The topological polar surface area (TPSA) is 73.2 Å². The molecule has 0 atom stereocenters. The van der Waals surface area contributed by atoms with E-state index in [0.717, 1.165) is 5.56 Å². The number of carbonyl (C=O) groups is 2. The highest BCUT2D eigenvalue weighted by atomic mass is 32.2. The molecule has 140 valence electrons. The molecule has 0 aliphatic heterocycles. The predicted octanol–water partition coefficient (Wildman–Crippen LogP) is 3.91. The molecule has 0 fully saturated rings. The molecule has 0 aliphatic rings. The second kappa shape index (κ2) is 10.4. The van der Waals surface area contributed by atoms with Crippen LogP contribution in [-0.2, 0) is 10.5 Å². The molecule has 0 saturated heterocycles. The summed E-state index contributed by atoms with van der Waals surface area (Å²) in [5.41, 5.74) is 2.84. The van der Waals surface area contributed by atoms with Gasteiger partial charge in [-0.05, 0) is 49.7 Å². The minimum atomic E-state index is -0.114. The first kappa shape index (κ1) is 20.5. The molecule has 27 heavy (non-hydrogen) atoms. The molecule has 0 spiro atoms. The molecule has 2 rings (SSSR count). The van der Waals surface area contributed by atoms with Crippen LogP contribution in [0.5, 0.6) is 0 Å². The maximum atomic E-state index is 12.3. The fourth-order valence-corrected chi connectivity index (χ4v) is 3.43. The van der Waals surface area contributed by atoms with Crippen molar-refractivity contribution in [1.82, 2.24) is 4.90 Å². The number of nitrogens with one attached hydrogen (secondary N) is 1. The molecular formula is C21H23N3O2S. The van der Waals surface area contributed by atoms with Crippen molar-refractivity contribution in [2.45, 2.75) is 19.6 Å². The van der Waals surface area contributed by atoms with E-state index in [1.165, 1.54) is 11.8 Å². The summed E-state index contributed by atoms with van der Waals surface area (Å²) < 4.78 is 0. The average Bonchev–Trinajstić information content (AvgIpc) is 2.69. The Hall–Kier alpha value is -2.78. The summed E-state index contributed by atoms with van der Waals surface area (Å²) in [5.74, 6) is 0.774. The number of amides is 2. The molecule has 0 saturated carbocycles. The summed E-state index contributed by atoms with van der Waals surface area (Å²) in [4.78, 5) is 26.1. The molecule has 0 aliphatic carbocycles. The molecule has 0 unspecified atom stereocenters. The van der Waals surface area contributed by atoms with E-state index >= 15 is 0 Å². The molecule has 0 bridgehead atoms. The van der Waals surface area contributed by atoms with Gasteiger partial charge in [-0.2, -0.15) is 5.26 Å². The Morgan fingerprint density at radius 2 is 1.74 bits per heavy atom. The summed E-state index contributed by atoms with van der Waals surface area (Å²) in [6.07, 6.45) is 0. The quantitative estimate of drug-likeness (QED) is 0.752. The molecule has 2 aromatic carbocycles. The van der Waals surface area contributed by atoms with E-state index in [9.17, 15) is 9.59 Å². The predicted molar refractivity (Wildman–Crippen MR) is 110 cm³/mol. The number of hydrogen-bond donors (Lipinski definition) is 1. The second-order valence-corrected chi connectivity index (χ2v) is 6.85. The van der Waals surface area contributed by atoms with E-state index in [1.54, 1.807) is 35.2 Å². The molecule has 5 nitrogen and oxygen atoms in total. The van der Waals surface area contributed by atoms with Gasteiger partial charge in [-0.3, -0.25) is 9.59 Å². The third-order valence-electron chi connectivity index (χ3n) is 4.09. The first-order valence-electron chi connectivity index (χ1n) is 8.84. The van der Waals surface area contributed by atoms with Gasteiger partial charge >= 0.3 is 0 Å². The van der Waals surface area contributed by atoms with Crippen molar-refractivity contribution in [2.24, 2.45) is 0 Å². The molecular weight excluding hydrogens is 358 g/mol. The smallest absolute Gasteiger partial charge is 0.253 e. The van der Waals surface area contributed by atoms with Crippen molar-refractivity contribution >= 4 is 29.3 Å². The fourth-order valence-electron chi connectivity index (χ4n) is 2.60. The van der Waals surface area contributed by atoms with E-state index < -0.39 is 0 Å². The summed E-state index contributed by atoms with van der Waals surface area (Å²) in [7, 11) is 0. The maximum absolute atomic E-state index is 12.3. The number of benzene rings is 2. The Labute approximate surface area is 164 Å². The summed E-state index contributed by atoms with van der Waals surface area (Å²) in [6.45, 7) is 5.23. The van der Waals surface area contributed by atoms with Gasteiger partial charge in [0.15, 0.2) is 0 Å². The van der Waals surface area contributed by atoms with Gasteiger partial charge in [-0.1, -0.05) is 18.2 Å². The van der Waals surface area contributed by atoms with Crippen LogP contribution in [0.4, 0.5) is 5.69 Å². The highest BCUT2D eigenvalue weighted by Crippen LogP contribution is 2.17. The summed E-state index contributed by atoms with van der Waals surface area (Å²) in [5, 5.41) is 11.9. The van der Waals surface area contributed by atoms with Crippen LogP contribution in [0.3, 0.4) is 0 Å². The zero-order chi connectivity index (χ0) is 19.6. The average molecular weight is 382 g/mol. The lowest BCUT2D eigenvalue weighted by Gasteiger charge is -2.18. The molecule has 2 aromatic rings. The van der Waals surface area contributed by atoms with Gasteiger partial charge < -0.3 is 10.2 Å². The number of anilines is 1. The number of thioether (sulfide) groups is 1. The van der Waals surface area contributed by atoms with E-state index in [1.807, 2.05) is 32.0 Å². The van der Waals surface area contributed by atoms with E-state index in [4.69, 9.17) is 5.26 Å². The molecule has 6 heteroatoms. The molecule has 0 heterocycles. The Kier molecular flexibility index (Phi) is 7.90. The number of nitriles is 1. The van der Waals surface area contributed by atoms with Crippen molar-refractivity contribution in [3.8, 4) is 6.07 Å². The number of nitrogens with zero attached hydrogens (tertiary/aromatic N) is 2. The van der Waals surface area contributed by atoms with Gasteiger partial charge in [-0.15, -0.1) is 11.8 Å². The highest BCUT2D eigenvalue weighted by molar-refractivity contribution is 7.99. The standard InChI is InChI=1S/C21H23N3O2S/c1-3-24(4-2)21(26)16-9-11-19(12-10-16)23-20(25)15-27-14-18-8-6-5-7-17(18)13-22/h5-12H,3-4,14-15H2,1-2H3,(H,23,25). The molecule has 2 amide bonds.